The zero-order valence-corrected chi connectivity index (χ0v) is 15.9. The third-order valence-electron chi connectivity index (χ3n) is 4.74. The van der Waals surface area contributed by atoms with Crippen molar-refractivity contribution < 1.29 is 14.3 Å². The number of pyridine rings is 1. The summed E-state index contributed by atoms with van der Waals surface area (Å²) in [6.07, 6.45) is 1.64. The number of carbonyl (C=O) groups is 2. The van der Waals surface area contributed by atoms with Gasteiger partial charge < -0.3 is 15.0 Å². The van der Waals surface area contributed by atoms with Gasteiger partial charge in [-0.05, 0) is 35.4 Å². The molecule has 0 aliphatic carbocycles. The standard InChI is InChI=1S/C21H18ClN3O3/c1-25-11-13-5-2-3-6-14(13)20(21(25)27)24-18(26)12-28-17-9-8-16(22)15-7-4-10-23-19(15)17/h2-10,20H,11-12H2,1H3,(H,24,26). The van der Waals surface area contributed by atoms with Crippen LogP contribution in [0.4, 0.5) is 0 Å². The highest BCUT2D eigenvalue weighted by Gasteiger charge is 2.32. The third-order valence-corrected chi connectivity index (χ3v) is 5.07. The Kier molecular flexibility index (Phi) is 4.88. The number of likely N-dealkylation sites (N-methyl/N-ethyl adjacent to an activating group) is 1. The highest BCUT2D eigenvalue weighted by atomic mass is 35.5. The van der Waals surface area contributed by atoms with Gasteiger partial charge in [0.1, 0.15) is 17.3 Å². The third kappa shape index (κ3) is 3.39. The Bertz CT molecular complexity index is 1070. The molecule has 2 aromatic carbocycles. The average Bonchev–Trinajstić information content (AvgIpc) is 2.71. The monoisotopic (exact) mass is 395 g/mol. The molecule has 2 amide bonds. The molecule has 0 radical (unpaired) electrons. The van der Waals surface area contributed by atoms with Gasteiger partial charge in [-0.3, -0.25) is 14.6 Å². The van der Waals surface area contributed by atoms with Crippen molar-refractivity contribution in [1.82, 2.24) is 15.2 Å². The van der Waals surface area contributed by atoms with Gasteiger partial charge in [0.25, 0.3) is 5.91 Å². The number of nitrogens with zero attached hydrogens (tertiary/aromatic N) is 2. The predicted octanol–water partition coefficient (Wildman–Crippen LogP) is 3.10. The molecule has 0 saturated heterocycles. The fourth-order valence-corrected chi connectivity index (χ4v) is 3.58. The summed E-state index contributed by atoms with van der Waals surface area (Å²) in [7, 11) is 1.72. The van der Waals surface area contributed by atoms with Crippen LogP contribution in [0, 0.1) is 0 Å². The lowest BCUT2D eigenvalue weighted by Crippen LogP contribution is -2.45. The van der Waals surface area contributed by atoms with Crippen molar-refractivity contribution in [2.24, 2.45) is 0 Å². The molecule has 1 aromatic heterocycles. The Morgan fingerprint density at radius 1 is 1.25 bits per heavy atom. The van der Waals surface area contributed by atoms with E-state index in [0.29, 0.717) is 22.8 Å². The van der Waals surface area contributed by atoms with E-state index >= 15 is 0 Å². The summed E-state index contributed by atoms with van der Waals surface area (Å²) in [5.41, 5.74) is 2.42. The molecule has 3 aromatic rings. The van der Waals surface area contributed by atoms with Crippen LogP contribution in [0.25, 0.3) is 10.9 Å². The molecule has 1 unspecified atom stereocenters. The summed E-state index contributed by atoms with van der Waals surface area (Å²) >= 11 is 6.18. The second-order valence-electron chi connectivity index (χ2n) is 6.63. The first-order valence-electron chi connectivity index (χ1n) is 8.83. The minimum Gasteiger partial charge on any atom is -0.481 e. The van der Waals surface area contributed by atoms with E-state index in [1.165, 1.54) is 0 Å². The summed E-state index contributed by atoms with van der Waals surface area (Å²) in [5.74, 6) is -0.0733. The fraction of sp³-hybridized carbons (Fsp3) is 0.190. The van der Waals surface area contributed by atoms with Gasteiger partial charge in [0.2, 0.25) is 5.91 Å². The molecule has 1 atom stereocenters. The van der Waals surface area contributed by atoms with Gasteiger partial charge in [-0.25, -0.2) is 0 Å². The van der Waals surface area contributed by atoms with E-state index in [1.54, 1.807) is 36.3 Å². The van der Waals surface area contributed by atoms with Gasteiger partial charge in [0.05, 0.1) is 5.02 Å². The van der Waals surface area contributed by atoms with Crippen LogP contribution in [-0.4, -0.2) is 35.4 Å². The lowest BCUT2D eigenvalue weighted by Gasteiger charge is -2.32. The first-order valence-corrected chi connectivity index (χ1v) is 9.20. The molecule has 1 N–H and O–H groups in total. The topological polar surface area (TPSA) is 71.5 Å². The van der Waals surface area contributed by atoms with E-state index in [9.17, 15) is 9.59 Å². The van der Waals surface area contributed by atoms with Gasteiger partial charge in [-0.2, -0.15) is 0 Å². The fourth-order valence-electron chi connectivity index (χ4n) is 3.36. The van der Waals surface area contributed by atoms with Crippen molar-refractivity contribution >= 4 is 34.3 Å². The number of nitrogens with one attached hydrogen (secondary N) is 1. The lowest BCUT2D eigenvalue weighted by atomic mass is 9.95. The minimum atomic E-state index is -0.717. The molecule has 1 aliphatic rings. The molecule has 28 heavy (non-hydrogen) atoms. The lowest BCUT2D eigenvalue weighted by molar-refractivity contribution is -0.137. The molecular formula is C21H18ClN3O3. The molecule has 6 nitrogen and oxygen atoms in total. The predicted molar refractivity (Wildman–Crippen MR) is 106 cm³/mol. The van der Waals surface area contributed by atoms with Crippen molar-refractivity contribution in [3.8, 4) is 5.75 Å². The van der Waals surface area contributed by atoms with Crippen LogP contribution in [0.5, 0.6) is 5.75 Å². The van der Waals surface area contributed by atoms with Crippen LogP contribution in [-0.2, 0) is 16.1 Å². The molecule has 142 valence electrons. The normalized spacial score (nSPS) is 16.0. The van der Waals surface area contributed by atoms with Gasteiger partial charge >= 0.3 is 0 Å². The minimum absolute atomic E-state index is 0.148. The van der Waals surface area contributed by atoms with Crippen LogP contribution in [0.1, 0.15) is 17.2 Å². The number of hydrogen-bond acceptors (Lipinski definition) is 4. The molecule has 2 heterocycles. The van der Waals surface area contributed by atoms with E-state index in [1.807, 2.05) is 30.3 Å². The van der Waals surface area contributed by atoms with Gasteiger partial charge in [-0.1, -0.05) is 35.9 Å². The largest absolute Gasteiger partial charge is 0.481 e. The zero-order chi connectivity index (χ0) is 19.7. The summed E-state index contributed by atoms with van der Waals surface area (Å²) in [4.78, 5) is 30.9. The van der Waals surface area contributed by atoms with Crippen LogP contribution in [0.15, 0.2) is 54.7 Å². The number of hydrogen-bond donors (Lipinski definition) is 1. The Balaban J connectivity index is 1.50. The van der Waals surface area contributed by atoms with E-state index in [4.69, 9.17) is 16.3 Å². The number of ether oxygens (including phenoxy) is 1. The first kappa shape index (κ1) is 18.3. The molecule has 0 saturated carbocycles. The number of carbonyl (C=O) groups excluding carboxylic acids is 2. The number of aromatic nitrogens is 1. The number of fused-ring (bicyclic) bond motifs is 2. The summed E-state index contributed by atoms with van der Waals surface area (Å²) in [6, 6.07) is 13.9. The summed E-state index contributed by atoms with van der Waals surface area (Å²) in [5, 5.41) is 4.10. The number of benzene rings is 2. The maximum Gasteiger partial charge on any atom is 0.258 e. The maximum atomic E-state index is 12.6. The van der Waals surface area contributed by atoms with Crippen LogP contribution in [0.2, 0.25) is 5.02 Å². The smallest absolute Gasteiger partial charge is 0.258 e. The van der Waals surface area contributed by atoms with Crippen molar-refractivity contribution in [2.75, 3.05) is 13.7 Å². The second-order valence-corrected chi connectivity index (χ2v) is 7.03. The van der Waals surface area contributed by atoms with E-state index in [2.05, 4.69) is 10.3 Å². The average molecular weight is 396 g/mol. The number of rotatable bonds is 4. The summed E-state index contributed by atoms with van der Waals surface area (Å²) in [6.45, 7) is 0.295. The van der Waals surface area contributed by atoms with E-state index in [-0.39, 0.29) is 18.4 Å². The Labute approximate surface area is 167 Å². The molecule has 0 bridgehead atoms. The molecular weight excluding hydrogens is 378 g/mol. The SMILES string of the molecule is CN1Cc2ccccc2C(NC(=O)COc2ccc(Cl)c3cccnc23)C1=O. The van der Waals surface area contributed by atoms with Gasteiger partial charge in [-0.15, -0.1) is 0 Å². The zero-order valence-electron chi connectivity index (χ0n) is 15.2. The van der Waals surface area contributed by atoms with Crippen LogP contribution in [0.3, 0.4) is 0 Å². The Hall–Kier alpha value is -3.12. The Morgan fingerprint density at radius 3 is 2.93 bits per heavy atom. The maximum absolute atomic E-state index is 12.6. The summed E-state index contributed by atoms with van der Waals surface area (Å²) < 4.78 is 5.67. The van der Waals surface area contributed by atoms with Crippen LogP contribution >= 0.6 is 11.6 Å². The quantitative estimate of drug-likeness (QED) is 0.736. The molecule has 0 fully saturated rings. The number of amides is 2. The number of halogens is 1. The first-order chi connectivity index (χ1) is 13.5. The van der Waals surface area contributed by atoms with Crippen molar-refractivity contribution in [3.05, 3.63) is 70.9 Å². The van der Waals surface area contributed by atoms with Crippen molar-refractivity contribution in [2.45, 2.75) is 12.6 Å². The van der Waals surface area contributed by atoms with E-state index < -0.39 is 6.04 Å². The van der Waals surface area contributed by atoms with E-state index in [0.717, 1.165) is 16.5 Å². The van der Waals surface area contributed by atoms with Crippen LogP contribution < -0.4 is 10.1 Å². The van der Waals surface area contributed by atoms with Gasteiger partial charge in [0.15, 0.2) is 6.61 Å². The Morgan fingerprint density at radius 2 is 2.07 bits per heavy atom. The molecule has 7 heteroatoms. The van der Waals surface area contributed by atoms with Gasteiger partial charge in [0, 0.05) is 25.2 Å². The van der Waals surface area contributed by atoms with Crippen molar-refractivity contribution in [3.63, 3.8) is 0 Å². The second kappa shape index (κ2) is 7.48. The highest BCUT2D eigenvalue weighted by Crippen LogP contribution is 2.30. The van der Waals surface area contributed by atoms with Crippen molar-refractivity contribution in [1.29, 1.82) is 0 Å². The highest BCUT2D eigenvalue weighted by molar-refractivity contribution is 6.35. The molecule has 0 spiro atoms. The molecule has 4 rings (SSSR count). The molecule has 1 aliphatic heterocycles.